The second-order valence-electron chi connectivity index (χ2n) is 7.85. The Hall–Kier alpha value is -3.51. The Bertz CT molecular complexity index is 1170. The Kier molecular flexibility index (Phi) is 6.06. The topological polar surface area (TPSA) is 102 Å². The molecule has 1 aliphatic heterocycles. The highest BCUT2D eigenvalue weighted by atomic mass is 32.2. The second-order valence-corrected chi connectivity index (χ2v) is 8.79. The van der Waals surface area contributed by atoms with Gasteiger partial charge in [-0.1, -0.05) is 43.8 Å². The van der Waals surface area contributed by atoms with E-state index >= 15 is 0 Å². The number of carbonyl (C=O) groups excluding carboxylic acids is 1. The molecule has 0 aliphatic carbocycles. The Morgan fingerprint density at radius 1 is 1.22 bits per heavy atom. The van der Waals surface area contributed by atoms with Gasteiger partial charge in [-0.3, -0.25) is 9.36 Å². The molecule has 2 heterocycles. The lowest BCUT2D eigenvalue weighted by Gasteiger charge is -2.27. The number of ether oxygens (including phenoxy) is 2. The van der Waals surface area contributed by atoms with Crippen molar-refractivity contribution in [2.24, 2.45) is 5.92 Å². The molecule has 8 nitrogen and oxygen atoms in total. The van der Waals surface area contributed by atoms with E-state index in [1.165, 1.54) is 11.8 Å². The molecule has 1 aliphatic rings. The van der Waals surface area contributed by atoms with E-state index in [9.17, 15) is 10.1 Å². The molecule has 32 heavy (non-hydrogen) atoms. The summed E-state index contributed by atoms with van der Waals surface area (Å²) in [4.78, 5) is 12.6. The van der Waals surface area contributed by atoms with Crippen LogP contribution >= 0.6 is 11.8 Å². The van der Waals surface area contributed by atoms with Crippen LogP contribution in [-0.4, -0.2) is 38.8 Å². The smallest absolute Gasteiger partial charge is 0.231 e. The zero-order valence-corrected chi connectivity index (χ0v) is 18.8. The van der Waals surface area contributed by atoms with Crippen molar-refractivity contribution in [2.75, 3.05) is 12.5 Å². The van der Waals surface area contributed by atoms with Crippen LogP contribution in [0, 0.1) is 17.2 Å². The van der Waals surface area contributed by atoms with Crippen LogP contribution in [0.2, 0.25) is 0 Å². The number of carbonyl (C=O) groups is 1. The molecular formula is C23H23N5O3S. The highest BCUT2D eigenvalue weighted by Crippen LogP contribution is 2.37. The van der Waals surface area contributed by atoms with E-state index < -0.39 is 5.54 Å². The Morgan fingerprint density at radius 3 is 2.69 bits per heavy atom. The summed E-state index contributed by atoms with van der Waals surface area (Å²) in [6.45, 7) is 5.73. The molecule has 9 heteroatoms. The van der Waals surface area contributed by atoms with Crippen LogP contribution in [0.4, 0.5) is 0 Å². The number of nitrogens with one attached hydrogen (secondary N) is 1. The number of thioether (sulfide) groups is 1. The number of nitrogens with zero attached hydrogens (tertiary/aromatic N) is 4. The third-order valence-electron chi connectivity index (χ3n) is 5.40. The van der Waals surface area contributed by atoms with Crippen LogP contribution in [0.15, 0.2) is 53.7 Å². The minimum Gasteiger partial charge on any atom is -0.454 e. The number of rotatable bonds is 7. The number of nitriles is 1. The molecule has 1 N–H and O–H groups in total. The molecule has 0 radical (unpaired) electrons. The lowest BCUT2D eigenvalue weighted by molar-refractivity contribution is -0.120. The standard InChI is InChI=1S/C23H23N5O3S/c1-15(2)23(3,13-24)25-20(29)12-32-22-27-26-21(28(22)17-7-5-4-6-8-17)16-9-10-18-19(11-16)31-14-30-18/h4-11,15H,12,14H2,1-3H3,(H,25,29)/t23-/m0/s1. The zero-order valence-electron chi connectivity index (χ0n) is 18.0. The number of hydrogen-bond acceptors (Lipinski definition) is 7. The van der Waals surface area contributed by atoms with Gasteiger partial charge in [0.25, 0.3) is 0 Å². The minimum atomic E-state index is -0.928. The van der Waals surface area contributed by atoms with E-state index in [0.717, 1.165) is 11.3 Å². The highest BCUT2D eigenvalue weighted by Gasteiger charge is 2.30. The summed E-state index contributed by atoms with van der Waals surface area (Å²) in [7, 11) is 0. The van der Waals surface area contributed by atoms with E-state index in [2.05, 4.69) is 21.6 Å². The lowest BCUT2D eigenvalue weighted by atomic mass is 9.90. The number of fused-ring (bicyclic) bond motifs is 1. The molecule has 1 aromatic heterocycles. The third kappa shape index (κ3) is 4.27. The highest BCUT2D eigenvalue weighted by molar-refractivity contribution is 7.99. The summed E-state index contributed by atoms with van der Waals surface area (Å²) < 4.78 is 12.8. The fourth-order valence-corrected chi connectivity index (χ4v) is 3.90. The third-order valence-corrected chi connectivity index (χ3v) is 6.33. The van der Waals surface area contributed by atoms with Crippen LogP contribution in [-0.2, 0) is 4.79 Å². The van der Waals surface area contributed by atoms with Gasteiger partial charge in [0.05, 0.1) is 11.8 Å². The molecule has 1 atom stereocenters. The van der Waals surface area contributed by atoms with Crippen LogP contribution in [0.3, 0.4) is 0 Å². The van der Waals surface area contributed by atoms with Crippen molar-refractivity contribution in [1.82, 2.24) is 20.1 Å². The quantitative estimate of drug-likeness (QED) is 0.547. The van der Waals surface area contributed by atoms with Gasteiger partial charge in [0.2, 0.25) is 12.7 Å². The number of amides is 1. The molecule has 0 saturated heterocycles. The number of benzene rings is 2. The first-order chi connectivity index (χ1) is 15.4. The van der Waals surface area contributed by atoms with Crippen molar-refractivity contribution >= 4 is 17.7 Å². The maximum Gasteiger partial charge on any atom is 0.231 e. The first-order valence-electron chi connectivity index (χ1n) is 10.2. The van der Waals surface area contributed by atoms with Gasteiger partial charge in [0.1, 0.15) is 5.54 Å². The van der Waals surface area contributed by atoms with Crippen molar-refractivity contribution in [3.63, 3.8) is 0 Å². The average molecular weight is 450 g/mol. The van der Waals surface area contributed by atoms with Crippen molar-refractivity contribution in [3.8, 4) is 34.6 Å². The SMILES string of the molecule is CC(C)[C@](C)(C#N)NC(=O)CSc1nnc(-c2ccc3c(c2)OCO3)n1-c1ccccc1. The van der Waals surface area contributed by atoms with E-state index in [4.69, 9.17) is 9.47 Å². The van der Waals surface area contributed by atoms with Gasteiger partial charge in [-0.25, -0.2) is 0 Å². The lowest BCUT2D eigenvalue weighted by Crippen LogP contribution is -2.49. The molecule has 0 unspecified atom stereocenters. The monoisotopic (exact) mass is 449 g/mol. The van der Waals surface area contributed by atoms with Crippen molar-refractivity contribution in [2.45, 2.75) is 31.5 Å². The number of para-hydroxylation sites is 1. The maximum absolute atomic E-state index is 12.6. The number of hydrogen-bond donors (Lipinski definition) is 1. The van der Waals surface area contributed by atoms with Crippen molar-refractivity contribution < 1.29 is 14.3 Å². The predicted molar refractivity (Wildman–Crippen MR) is 121 cm³/mol. The normalized spacial score (nSPS) is 14.1. The largest absolute Gasteiger partial charge is 0.454 e. The molecule has 0 fully saturated rings. The van der Waals surface area contributed by atoms with Crippen LogP contribution in [0.1, 0.15) is 20.8 Å². The molecule has 0 bridgehead atoms. The molecular weight excluding hydrogens is 426 g/mol. The van der Waals surface area contributed by atoms with E-state index in [1.807, 2.05) is 66.9 Å². The molecule has 3 aromatic rings. The fourth-order valence-electron chi connectivity index (χ4n) is 3.15. The molecule has 2 aromatic carbocycles. The van der Waals surface area contributed by atoms with Crippen LogP contribution < -0.4 is 14.8 Å². The zero-order chi connectivity index (χ0) is 22.7. The summed E-state index contributed by atoms with van der Waals surface area (Å²) in [6.07, 6.45) is 0. The van der Waals surface area contributed by atoms with Crippen molar-refractivity contribution in [3.05, 3.63) is 48.5 Å². The summed E-state index contributed by atoms with van der Waals surface area (Å²) >= 11 is 1.27. The predicted octanol–water partition coefficient (Wildman–Crippen LogP) is 3.81. The van der Waals surface area contributed by atoms with Crippen molar-refractivity contribution in [1.29, 1.82) is 5.26 Å². The fraction of sp³-hybridized carbons (Fsp3) is 0.304. The Morgan fingerprint density at radius 2 is 1.97 bits per heavy atom. The van der Waals surface area contributed by atoms with Gasteiger partial charge in [0.15, 0.2) is 22.5 Å². The first kappa shape index (κ1) is 21.7. The molecule has 164 valence electrons. The van der Waals surface area contributed by atoms with Gasteiger partial charge in [-0.05, 0) is 43.2 Å². The maximum atomic E-state index is 12.6. The summed E-state index contributed by atoms with van der Waals surface area (Å²) in [5.74, 6) is 1.82. The molecule has 0 saturated carbocycles. The first-order valence-corrected chi connectivity index (χ1v) is 11.2. The molecule has 0 spiro atoms. The Labute approximate surface area is 190 Å². The minimum absolute atomic E-state index is 0.0213. The van der Waals surface area contributed by atoms with Crippen LogP contribution in [0.5, 0.6) is 11.5 Å². The second kappa shape index (κ2) is 8.93. The van der Waals surface area contributed by atoms with E-state index in [0.29, 0.717) is 22.5 Å². The van der Waals surface area contributed by atoms with Gasteiger partial charge in [0, 0.05) is 11.3 Å². The van der Waals surface area contributed by atoms with Gasteiger partial charge in [-0.2, -0.15) is 5.26 Å². The summed E-state index contributed by atoms with van der Waals surface area (Å²) in [5, 5.41) is 21.6. The Balaban J connectivity index is 1.62. The average Bonchev–Trinajstić information content (AvgIpc) is 3.44. The van der Waals surface area contributed by atoms with Gasteiger partial charge < -0.3 is 14.8 Å². The van der Waals surface area contributed by atoms with Gasteiger partial charge >= 0.3 is 0 Å². The van der Waals surface area contributed by atoms with Gasteiger partial charge in [-0.15, -0.1) is 10.2 Å². The summed E-state index contributed by atoms with van der Waals surface area (Å²) in [6, 6.07) is 17.5. The van der Waals surface area contributed by atoms with E-state index in [1.54, 1.807) is 6.92 Å². The number of aromatic nitrogens is 3. The summed E-state index contributed by atoms with van der Waals surface area (Å²) in [5.41, 5.74) is 0.762. The van der Waals surface area contributed by atoms with E-state index in [-0.39, 0.29) is 24.4 Å². The molecule has 1 amide bonds. The molecule has 4 rings (SSSR count). The van der Waals surface area contributed by atoms with Crippen LogP contribution in [0.25, 0.3) is 17.1 Å².